The summed E-state index contributed by atoms with van der Waals surface area (Å²) in [6.07, 6.45) is 1.87. The number of benzene rings is 1. The lowest BCUT2D eigenvalue weighted by molar-refractivity contribution is -0.384. The molecular weight excluding hydrogens is 380 g/mol. The Morgan fingerprint density at radius 3 is 2.68 bits per heavy atom. The van der Waals surface area contributed by atoms with E-state index in [-0.39, 0.29) is 17.0 Å². The number of Topliss-reactive ketones (excluding diaryl/α,β-unsaturated/α-hetero) is 1. The van der Waals surface area contributed by atoms with E-state index in [4.69, 9.17) is 0 Å². The Hall–Kier alpha value is -2.94. The van der Waals surface area contributed by atoms with Crippen LogP contribution < -0.4 is 10.9 Å². The Bertz CT molecular complexity index is 1060. The zero-order chi connectivity index (χ0) is 19.8. The molecule has 0 amide bonds. The number of hydrogen-bond acceptors (Lipinski definition) is 7. The van der Waals surface area contributed by atoms with Gasteiger partial charge in [0, 0.05) is 35.7 Å². The molecule has 0 fully saturated rings. The maximum absolute atomic E-state index is 12.9. The van der Waals surface area contributed by atoms with Crippen LogP contribution >= 0.6 is 11.8 Å². The summed E-state index contributed by atoms with van der Waals surface area (Å²) in [6, 6.07) is 6.01. The summed E-state index contributed by atoms with van der Waals surface area (Å²) in [4.78, 5) is 43.5. The van der Waals surface area contributed by atoms with Gasteiger partial charge in [-0.1, -0.05) is 30.8 Å². The van der Waals surface area contributed by atoms with Gasteiger partial charge in [0.05, 0.1) is 10.5 Å². The standard InChI is InChI=1S/C19H18N4O4S/c1-2-28-19-21-17-16(18(25)22-19)14(10-6-8-11(9-7-10)23(26)27)15-12(20-17)4-3-5-13(15)24/h6-9,14H,2-5H2,1H3,(H2,20,21,22,25)/t14-/m0/s1. The molecule has 2 aromatic rings. The molecule has 1 aliphatic carbocycles. The van der Waals surface area contributed by atoms with Crippen molar-refractivity contribution in [2.75, 3.05) is 11.1 Å². The van der Waals surface area contributed by atoms with Crippen LogP contribution in [0.2, 0.25) is 0 Å². The van der Waals surface area contributed by atoms with Gasteiger partial charge in [-0.3, -0.25) is 19.7 Å². The highest BCUT2D eigenvalue weighted by atomic mass is 32.2. The van der Waals surface area contributed by atoms with Crippen molar-refractivity contribution in [3.05, 3.63) is 67.1 Å². The van der Waals surface area contributed by atoms with E-state index in [9.17, 15) is 19.7 Å². The fraction of sp³-hybridized carbons (Fsp3) is 0.316. The highest BCUT2D eigenvalue weighted by Crippen LogP contribution is 2.43. The molecule has 8 nitrogen and oxygen atoms in total. The molecule has 9 heteroatoms. The number of non-ortho nitro benzene ring substituents is 1. The lowest BCUT2D eigenvalue weighted by atomic mass is 9.76. The smallest absolute Gasteiger partial charge is 0.269 e. The molecule has 0 saturated carbocycles. The summed E-state index contributed by atoms with van der Waals surface area (Å²) in [6.45, 7) is 1.97. The maximum atomic E-state index is 12.9. The van der Waals surface area contributed by atoms with Crippen LogP contribution in [0.15, 0.2) is 45.5 Å². The van der Waals surface area contributed by atoms with Crippen molar-refractivity contribution in [2.45, 2.75) is 37.3 Å². The van der Waals surface area contributed by atoms with Crippen molar-refractivity contribution >= 4 is 29.1 Å². The van der Waals surface area contributed by atoms with Gasteiger partial charge in [0.2, 0.25) is 0 Å². The fourth-order valence-corrected chi connectivity index (χ4v) is 4.36. The van der Waals surface area contributed by atoms with Crippen molar-refractivity contribution in [1.29, 1.82) is 0 Å². The van der Waals surface area contributed by atoms with E-state index in [2.05, 4.69) is 15.3 Å². The second-order valence-corrected chi connectivity index (χ2v) is 7.89. The first-order chi connectivity index (χ1) is 13.5. The first kappa shape index (κ1) is 18.4. The quantitative estimate of drug-likeness (QED) is 0.351. The molecule has 1 atom stereocenters. The normalized spacial score (nSPS) is 18.3. The molecule has 0 saturated heterocycles. The summed E-state index contributed by atoms with van der Waals surface area (Å²) in [5.41, 5.74) is 2.06. The number of fused-ring (bicyclic) bond motifs is 1. The van der Waals surface area contributed by atoms with Gasteiger partial charge >= 0.3 is 0 Å². The molecule has 0 radical (unpaired) electrons. The Labute approximate surface area is 164 Å². The maximum Gasteiger partial charge on any atom is 0.269 e. The van der Waals surface area contributed by atoms with Crippen molar-refractivity contribution in [1.82, 2.24) is 9.97 Å². The fourth-order valence-electron chi connectivity index (χ4n) is 3.77. The van der Waals surface area contributed by atoms with E-state index in [1.165, 1.54) is 23.9 Å². The number of allylic oxidation sites excluding steroid dienone is 2. The average Bonchev–Trinajstić information content (AvgIpc) is 2.67. The van der Waals surface area contributed by atoms with E-state index >= 15 is 0 Å². The number of ketones is 1. The lowest BCUT2D eigenvalue weighted by Gasteiger charge is -2.32. The number of hydrogen-bond donors (Lipinski definition) is 2. The third kappa shape index (κ3) is 3.11. The van der Waals surface area contributed by atoms with Crippen molar-refractivity contribution in [2.24, 2.45) is 0 Å². The average molecular weight is 398 g/mol. The molecule has 1 aromatic carbocycles. The van der Waals surface area contributed by atoms with Crippen LogP contribution in [0.4, 0.5) is 11.5 Å². The number of nitro groups is 1. The van der Waals surface area contributed by atoms with Crippen LogP contribution in [0.25, 0.3) is 0 Å². The monoisotopic (exact) mass is 398 g/mol. The van der Waals surface area contributed by atoms with Crippen LogP contribution in [-0.4, -0.2) is 26.4 Å². The third-order valence-electron chi connectivity index (χ3n) is 4.95. The van der Waals surface area contributed by atoms with E-state index < -0.39 is 10.8 Å². The number of nitrogens with one attached hydrogen (secondary N) is 2. The molecule has 0 spiro atoms. The summed E-state index contributed by atoms with van der Waals surface area (Å²) < 4.78 is 0. The summed E-state index contributed by atoms with van der Waals surface area (Å²) in [7, 11) is 0. The zero-order valence-electron chi connectivity index (χ0n) is 15.2. The SMILES string of the molecule is CCSc1nc2c(c(=O)[nH]1)[C@@H](c1ccc([N+](=O)[O-])cc1)C1=C(CCCC1=O)N2. The van der Waals surface area contributed by atoms with Gasteiger partial charge < -0.3 is 10.3 Å². The van der Waals surface area contributed by atoms with Gasteiger partial charge in [0.15, 0.2) is 10.9 Å². The molecule has 2 aliphatic rings. The van der Waals surface area contributed by atoms with Gasteiger partial charge in [-0.15, -0.1) is 0 Å². The summed E-state index contributed by atoms with van der Waals surface area (Å²) in [5, 5.41) is 14.7. The highest BCUT2D eigenvalue weighted by Gasteiger charge is 2.37. The van der Waals surface area contributed by atoms with Crippen LogP contribution in [0.5, 0.6) is 0 Å². The lowest BCUT2D eigenvalue weighted by Crippen LogP contribution is -2.32. The van der Waals surface area contributed by atoms with Gasteiger partial charge in [0.1, 0.15) is 5.82 Å². The number of carbonyl (C=O) groups is 1. The Morgan fingerprint density at radius 2 is 2.00 bits per heavy atom. The molecule has 1 aliphatic heterocycles. The first-order valence-electron chi connectivity index (χ1n) is 9.04. The number of anilines is 1. The number of H-pyrrole nitrogens is 1. The molecule has 4 rings (SSSR count). The number of thioether (sulfide) groups is 1. The molecule has 28 heavy (non-hydrogen) atoms. The number of carbonyl (C=O) groups excluding carboxylic acids is 1. The second-order valence-electron chi connectivity index (χ2n) is 6.64. The number of nitrogens with zero attached hydrogens (tertiary/aromatic N) is 2. The van der Waals surface area contributed by atoms with E-state index in [0.717, 1.165) is 17.9 Å². The largest absolute Gasteiger partial charge is 0.343 e. The third-order valence-corrected chi connectivity index (χ3v) is 5.71. The molecule has 2 N–H and O–H groups in total. The predicted octanol–water partition coefficient (Wildman–Crippen LogP) is 3.35. The van der Waals surface area contributed by atoms with Crippen LogP contribution in [-0.2, 0) is 4.79 Å². The van der Waals surface area contributed by atoms with Crippen LogP contribution in [0.3, 0.4) is 0 Å². The molecule has 2 heterocycles. The minimum absolute atomic E-state index is 0.00541. The predicted molar refractivity (Wildman–Crippen MR) is 106 cm³/mol. The van der Waals surface area contributed by atoms with Crippen LogP contribution in [0.1, 0.15) is 43.2 Å². The van der Waals surface area contributed by atoms with E-state index in [0.29, 0.717) is 40.5 Å². The second kappa shape index (κ2) is 7.23. The molecule has 1 aromatic heterocycles. The molecule has 144 valence electrons. The first-order valence-corrected chi connectivity index (χ1v) is 10.0. The summed E-state index contributed by atoms with van der Waals surface area (Å²) in [5.74, 6) is 0.627. The van der Waals surface area contributed by atoms with Crippen molar-refractivity contribution < 1.29 is 9.72 Å². The molecule has 0 unspecified atom stereocenters. The highest BCUT2D eigenvalue weighted by molar-refractivity contribution is 7.99. The number of aromatic amines is 1. The van der Waals surface area contributed by atoms with Gasteiger partial charge in [-0.25, -0.2) is 4.98 Å². The topological polar surface area (TPSA) is 118 Å². The molecule has 0 bridgehead atoms. The molecular formula is C19H18N4O4S. The Kier molecular flexibility index (Phi) is 4.76. The van der Waals surface area contributed by atoms with Gasteiger partial charge in [-0.05, 0) is 24.2 Å². The van der Waals surface area contributed by atoms with Crippen LogP contribution in [0, 0.1) is 10.1 Å². The zero-order valence-corrected chi connectivity index (χ0v) is 16.0. The Balaban J connectivity index is 1.91. The van der Waals surface area contributed by atoms with Gasteiger partial charge in [0.25, 0.3) is 11.2 Å². The Morgan fingerprint density at radius 1 is 1.25 bits per heavy atom. The minimum Gasteiger partial charge on any atom is -0.343 e. The van der Waals surface area contributed by atoms with Crippen molar-refractivity contribution in [3.63, 3.8) is 0 Å². The van der Waals surface area contributed by atoms with E-state index in [1.807, 2.05) is 6.92 Å². The van der Waals surface area contributed by atoms with E-state index in [1.54, 1.807) is 12.1 Å². The number of aromatic nitrogens is 2. The minimum atomic E-state index is -0.586. The number of nitro benzene ring substituents is 1. The summed E-state index contributed by atoms with van der Waals surface area (Å²) >= 11 is 1.43. The van der Waals surface area contributed by atoms with Gasteiger partial charge in [-0.2, -0.15) is 0 Å². The number of rotatable bonds is 4. The van der Waals surface area contributed by atoms with Crippen molar-refractivity contribution in [3.8, 4) is 0 Å².